The van der Waals surface area contributed by atoms with Crippen LogP contribution in [0.1, 0.15) is 15.9 Å². The average molecular weight is 365 g/mol. The Balaban J connectivity index is 2.09. The first kappa shape index (κ1) is 15.8. The van der Waals surface area contributed by atoms with Crippen LogP contribution >= 0.6 is 15.9 Å². The molecule has 22 heavy (non-hydrogen) atoms. The number of carbonyl (C=O) groups is 1. The Morgan fingerprint density at radius 2 is 2.00 bits per heavy atom. The second-order valence-electron chi connectivity index (χ2n) is 4.30. The molecule has 0 atom stereocenters. The fraction of sp³-hybridized carbons (Fsp3) is 0.0667. The molecule has 7 heteroatoms. The van der Waals surface area contributed by atoms with Gasteiger partial charge in [-0.1, -0.05) is 0 Å². The fourth-order valence-corrected chi connectivity index (χ4v) is 2.11. The molecule has 0 aromatic heterocycles. The van der Waals surface area contributed by atoms with E-state index in [4.69, 9.17) is 9.84 Å². The summed E-state index contributed by atoms with van der Waals surface area (Å²) in [6.45, 7) is 0. The average Bonchev–Trinajstić information content (AvgIpc) is 2.50. The first-order valence-electron chi connectivity index (χ1n) is 6.20. The Bertz CT molecular complexity index is 714. The van der Waals surface area contributed by atoms with Crippen LogP contribution in [-0.2, 0) is 0 Å². The summed E-state index contributed by atoms with van der Waals surface area (Å²) in [6.07, 6.45) is 1.52. The lowest BCUT2D eigenvalue weighted by Crippen LogP contribution is -1.96. The molecule has 0 saturated carbocycles. The number of carboxylic acid groups (broad SMARTS) is 1. The number of nitrogens with zero attached hydrogens (tertiary/aromatic N) is 1. The molecule has 0 unspecified atom stereocenters. The smallest absolute Gasteiger partial charge is 0.335 e. The van der Waals surface area contributed by atoms with Crippen LogP contribution in [0.25, 0.3) is 0 Å². The summed E-state index contributed by atoms with van der Waals surface area (Å²) in [6, 6.07) is 9.34. The van der Waals surface area contributed by atoms with E-state index in [0.717, 1.165) is 0 Å². The molecule has 0 spiro atoms. The molecule has 0 radical (unpaired) electrons. The summed E-state index contributed by atoms with van der Waals surface area (Å²) in [4.78, 5) is 10.7. The predicted molar refractivity (Wildman–Crippen MR) is 87.0 cm³/mol. The lowest BCUT2D eigenvalue weighted by molar-refractivity contribution is 0.0697. The number of anilines is 1. The highest BCUT2D eigenvalue weighted by atomic mass is 79.9. The summed E-state index contributed by atoms with van der Waals surface area (Å²) in [5.41, 5.74) is 4.29. The second kappa shape index (κ2) is 6.95. The quantitative estimate of drug-likeness (QED) is 0.559. The lowest BCUT2D eigenvalue weighted by Gasteiger charge is -2.06. The molecule has 0 aliphatic carbocycles. The molecule has 114 valence electrons. The van der Waals surface area contributed by atoms with Crippen molar-refractivity contribution in [3.8, 4) is 11.5 Å². The van der Waals surface area contributed by atoms with E-state index in [1.807, 2.05) is 0 Å². The number of aromatic carboxylic acids is 1. The van der Waals surface area contributed by atoms with Crippen LogP contribution in [0.2, 0.25) is 0 Å². The molecule has 0 heterocycles. The molecule has 0 saturated heterocycles. The molecule has 2 rings (SSSR count). The molecule has 2 aromatic carbocycles. The Labute approximate surface area is 135 Å². The number of phenols is 1. The maximum absolute atomic E-state index is 10.7. The Morgan fingerprint density at radius 3 is 2.59 bits per heavy atom. The van der Waals surface area contributed by atoms with Gasteiger partial charge in [-0.15, -0.1) is 0 Å². The number of carboxylic acids is 1. The van der Waals surface area contributed by atoms with E-state index in [1.165, 1.54) is 31.5 Å². The van der Waals surface area contributed by atoms with Crippen molar-refractivity contribution in [1.29, 1.82) is 0 Å². The summed E-state index contributed by atoms with van der Waals surface area (Å²) >= 11 is 3.36. The van der Waals surface area contributed by atoms with E-state index in [9.17, 15) is 9.90 Å². The Kier molecular flexibility index (Phi) is 5.00. The predicted octanol–water partition coefficient (Wildman–Crippen LogP) is 3.31. The van der Waals surface area contributed by atoms with Crippen molar-refractivity contribution in [3.05, 3.63) is 52.0 Å². The number of hydrogen-bond acceptors (Lipinski definition) is 5. The number of methoxy groups -OCH3 is 1. The number of hydrogen-bond donors (Lipinski definition) is 3. The van der Waals surface area contributed by atoms with Gasteiger partial charge in [-0.2, -0.15) is 5.10 Å². The van der Waals surface area contributed by atoms with Crippen LogP contribution in [0, 0.1) is 0 Å². The molecule has 0 amide bonds. The zero-order valence-corrected chi connectivity index (χ0v) is 13.2. The first-order valence-corrected chi connectivity index (χ1v) is 6.99. The highest BCUT2D eigenvalue weighted by Crippen LogP contribution is 2.31. The van der Waals surface area contributed by atoms with Crippen LogP contribution in [0.3, 0.4) is 0 Å². The minimum Gasteiger partial charge on any atom is -0.504 e. The van der Waals surface area contributed by atoms with Gasteiger partial charge < -0.3 is 14.9 Å². The molecule has 0 fully saturated rings. The van der Waals surface area contributed by atoms with Gasteiger partial charge in [-0.05, 0) is 52.3 Å². The molecule has 0 aliphatic heterocycles. The zero-order valence-electron chi connectivity index (χ0n) is 11.6. The third-order valence-corrected chi connectivity index (χ3v) is 3.51. The van der Waals surface area contributed by atoms with Gasteiger partial charge in [0.15, 0.2) is 11.5 Å². The first-order chi connectivity index (χ1) is 10.5. The maximum atomic E-state index is 10.7. The highest BCUT2D eigenvalue weighted by molar-refractivity contribution is 9.10. The molecule has 0 bridgehead atoms. The van der Waals surface area contributed by atoms with Crippen LogP contribution < -0.4 is 10.2 Å². The van der Waals surface area contributed by atoms with Crippen molar-refractivity contribution in [1.82, 2.24) is 0 Å². The van der Waals surface area contributed by atoms with Gasteiger partial charge in [0, 0.05) is 10.0 Å². The fourth-order valence-electron chi connectivity index (χ4n) is 1.69. The molecule has 2 aromatic rings. The van der Waals surface area contributed by atoms with Crippen LogP contribution in [-0.4, -0.2) is 29.5 Å². The molecular weight excluding hydrogens is 352 g/mol. The summed E-state index contributed by atoms with van der Waals surface area (Å²) in [5, 5.41) is 22.6. The van der Waals surface area contributed by atoms with Gasteiger partial charge in [0.2, 0.25) is 0 Å². The monoisotopic (exact) mass is 364 g/mol. The number of nitrogens with one attached hydrogen (secondary N) is 1. The van der Waals surface area contributed by atoms with Crippen molar-refractivity contribution in [3.63, 3.8) is 0 Å². The van der Waals surface area contributed by atoms with Gasteiger partial charge in [0.25, 0.3) is 0 Å². The number of halogens is 1. The minimum atomic E-state index is -0.979. The number of ether oxygens (including phenoxy) is 1. The zero-order chi connectivity index (χ0) is 16.1. The van der Waals surface area contributed by atoms with Crippen molar-refractivity contribution in [2.24, 2.45) is 5.10 Å². The van der Waals surface area contributed by atoms with Gasteiger partial charge in [-0.3, -0.25) is 5.43 Å². The van der Waals surface area contributed by atoms with Crippen molar-refractivity contribution in [2.75, 3.05) is 12.5 Å². The van der Waals surface area contributed by atoms with Crippen LogP contribution in [0.5, 0.6) is 11.5 Å². The van der Waals surface area contributed by atoms with Gasteiger partial charge in [0.1, 0.15) is 0 Å². The number of phenolic OH excluding ortho intramolecular Hbond substituents is 1. The van der Waals surface area contributed by atoms with Gasteiger partial charge >= 0.3 is 5.97 Å². The normalized spacial score (nSPS) is 10.6. The Morgan fingerprint density at radius 1 is 1.32 bits per heavy atom. The van der Waals surface area contributed by atoms with Crippen molar-refractivity contribution >= 4 is 33.8 Å². The van der Waals surface area contributed by atoms with E-state index in [2.05, 4.69) is 26.5 Å². The summed E-state index contributed by atoms with van der Waals surface area (Å²) < 4.78 is 5.71. The van der Waals surface area contributed by atoms with Crippen LogP contribution in [0.4, 0.5) is 5.69 Å². The lowest BCUT2D eigenvalue weighted by atomic mass is 10.2. The maximum Gasteiger partial charge on any atom is 0.335 e. The number of hydrazone groups is 1. The minimum absolute atomic E-state index is 0.0120. The van der Waals surface area contributed by atoms with E-state index in [-0.39, 0.29) is 11.3 Å². The largest absolute Gasteiger partial charge is 0.504 e. The number of aromatic hydroxyl groups is 1. The summed E-state index contributed by atoms with van der Waals surface area (Å²) in [5.74, 6) is -0.605. The van der Waals surface area contributed by atoms with E-state index < -0.39 is 5.97 Å². The van der Waals surface area contributed by atoms with Gasteiger partial charge in [-0.25, -0.2) is 4.79 Å². The molecule has 3 N–H and O–H groups in total. The van der Waals surface area contributed by atoms with Gasteiger partial charge in [0.05, 0.1) is 24.6 Å². The topological polar surface area (TPSA) is 91.2 Å². The second-order valence-corrected chi connectivity index (χ2v) is 5.15. The third kappa shape index (κ3) is 3.76. The highest BCUT2D eigenvalue weighted by Gasteiger charge is 2.06. The van der Waals surface area contributed by atoms with E-state index in [0.29, 0.717) is 21.5 Å². The third-order valence-electron chi connectivity index (χ3n) is 2.83. The molecule has 6 nitrogen and oxygen atoms in total. The SMILES string of the molecule is COc1cc(Br)c(/C=N\Nc2ccc(C(=O)O)cc2)cc1O. The van der Waals surface area contributed by atoms with Crippen molar-refractivity contribution in [2.45, 2.75) is 0 Å². The van der Waals surface area contributed by atoms with E-state index in [1.54, 1.807) is 18.2 Å². The Hall–Kier alpha value is -2.54. The van der Waals surface area contributed by atoms with Crippen molar-refractivity contribution < 1.29 is 19.7 Å². The number of benzene rings is 2. The molecule has 0 aliphatic rings. The van der Waals surface area contributed by atoms with Crippen LogP contribution in [0.15, 0.2) is 46.0 Å². The standard InChI is InChI=1S/C15H13BrN2O4/c1-22-14-7-12(16)10(6-13(14)19)8-17-18-11-4-2-9(3-5-11)15(20)21/h2-8,18-19H,1H3,(H,20,21)/b17-8-. The molecular formula is C15H13BrN2O4. The van der Waals surface area contributed by atoms with E-state index >= 15 is 0 Å². The summed E-state index contributed by atoms with van der Waals surface area (Å²) in [7, 11) is 1.47. The number of rotatable bonds is 5.